The molecule has 0 aliphatic heterocycles. The summed E-state index contributed by atoms with van der Waals surface area (Å²) in [5.74, 6) is 0.378. The molecule has 0 saturated heterocycles. The number of rotatable bonds is 2. The van der Waals surface area contributed by atoms with Gasteiger partial charge in [0.15, 0.2) is 0 Å². The molecule has 1 amide bonds. The van der Waals surface area contributed by atoms with E-state index in [4.69, 9.17) is 16.0 Å². The molecule has 0 spiro atoms. The number of anilines is 1. The maximum Gasteiger partial charge on any atom is 0.259 e. The minimum absolute atomic E-state index is 0.213. The smallest absolute Gasteiger partial charge is 0.259 e. The van der Waals surface area contributed by atoms with Crippen molar-refractivity contribution < 1.29 is 9.21 Å². The predicted octanol–water partition coefficient (Wildman–Crippen LogP) is 4.11. The Morgan fingerprint density at radius 2 is 2.00 bits per heavy atom. The lowest BCUT2D eigenvalue weighted by Gasteiger charge is -2.11. The molecule has 0 radical (unpaired) electrons. The zero-order chi connectivity index (χ0) is 13.3. The molecule has 0 unspecified atom stereocenters. The molecule has 0 fully saturated rings. The maximum atomic E-state index is 12.1. The van der Waals surface area contributed by atoms with Crippen LogP contribution in [-0.4, -0.2) is 5.91 Å². The molecule has 1 aromatic carbocycles. The van der Waals surface area contributed by atoms with Crippen molar-refractivity contribution in [3.63, 3.8) is 0 Å². The van der Waals surface area contributed by atoms with Crippen LogP contribution < -0.4 is 5.32 Å². The fourth-order valence-electron chi connectivity index (χ4n) is 1.88. The van der Waals surface area contributed by atoms with Crippen LogP contribution in [0.4, 0.5) is 5.69 Å². The van der Waals surface area contributed by atoms with Crippen molar-refractivity contribution >= 4 is 23.2 Å². The minimum atomic E-state index is -0.213. The first-order valence-electron chi connectivity index (χ1n) is 5.61. The molecule has 2 rings (SSSR count). The van der Waals surface area contributed by atoms with Crippen molar-refractivity contribution in [2.45, 2.75) is 20.8 Å². The zero-order valence-corrected chi connectivity index (χ0v) is 11.3. The Kier molecular flexibility index (Phi) is 3.43. The van der Waals surface area contributed by atoms with Crippen molar-refractivity contribution in [3.05, 3.63) is 51.9 Å². The van der Waals surface area contributed by atoms with E-state index in [1.54, 1.807) is 13.0 Å². The van der Waals surface area contributed by atoms with E-state index in [2.05, 4.69) is 5.32 Å². The van der Waals surface area contributed by atoms with E-state index < -0.39 is 0 Å². The monoisotopic (exact) mass is 263 g/mol. The van der Waals surface area contributed by atoms with Gasteiger partial charge in [-0.3, -0.25) is 4.79 Å². The first kappa shape index (κ1) is 12.7. The molecule has 1 aromatic heterocycles. The molecule has 0 aliphatic rings. The van der Waals surface area contributed by atoms with E-state index in [0.717, 1.165) is 11.1 Å². The second-order valence-corrected chi connectivity index (χ2v) is 4.69. The maximum absolute atomic E-state index is 12.1. The second kappa shape index (κ2) is 4.86. The summed E-state index contributed by atoms with van der Waals surface area (Å²) in [7, 11) is 0. The molecule has 4 heteroatoms. The fraction of sp³-hybridized carbons (Fsp3) is 0.214. The fourth-order valence-corrected chi connectivity index (χ4v) is 2.24. The molecule has 1 N–H and O–H groups in total. The Balaban J connectivity index is 2.31. The van der Waals surface area contributed by atoms with Gasteiger partial charge in [-0.15, -0.1) is 0 Å². The second-order valence-electron chi connectivity index (χ2n) is 4.28. The van der Waals surface area contributed by atoms with E-state index in [-0.39, 0.29) is 5.91 Å². The number of halogens is 1. The molecule has 1 heterocycles. The van der Waals surface area contributed by atoms with Crippen LogP contribution in [0.1, 0.15) is 27.2 Å². The van der Waals surface area contributed by atoms with Crippen LogP contribution in [-0.2, 0) is 0 Å². The van der Waals surface area contributed by atoms with Crippen LogP contribution in [0.3, 0.4) is 0 Å². The van der Waals surface area contributed by atoms with Crippen LogP contribution in [0.15, 0.2) is 28.9 Å². The highest BCUT2D eigenvalue weighted by Crippen LogP contribution is 2.28. The van der Waals surface area contributed by atoms with Crippen molar-refractivity contribution in [2.75, 3.05) is 5.32 Å². The number of carbonyl (C=O) groups excluding carboxylic acids is 1. The van der Waals surface area contributed by atoms with Crippen molar-refractivity contribution in [2.24, 2.45) is 0 Å². The van der Waals surface area contributed by atoms with E-state index in [0.29, 0.717) is 22.0 Å². The van der Waals surface area contributed by atoms with Crippen molar-refractivity contribution in [1.82, 2.24) is 0 Å². The molecule has 0 bridgehead atoms. The lowest BCUT2D eigenvalue weighted by atomic mass is 10.1. The lowest BCUT2D eigenvalue weighted by Crippen LogP contribution is -2.13. The first-order chi connectivity index (χ1) is 8.49. The molecule has 2 aromatic rings. The molecule has 0 aliphatic carbocycles. The van der Waals surface area contributed by atoms with Crippen LogP contribution in [0, 0.1) is 20.8 Å². The third-order valence-corrected chi connectivity index (χ3v) is 3.07. The summed E-state index contributed by atoms with van der Waals surface area (Å²) in [5.41, 5.74) is 3.17. The minimum Gasteiger partial charge on any atom is -0.469 e. The quantitative estimate of drug-likeness (QED) is 0.886. The van der Waals surface area contributed by atoms with Gasteiger partial charge in [0.25, 0.3) is 5.91 Å². The average molecular weight is 264 g/mol. The first-order valence-corrected chi connectivity index (χ1v) is 5.99. The van der Waals surface area contributed by atoms with Crippen molar-refractivity contribution in [1.29, 1.82) is 0 Å². The van der Waals surface area contributed by atoms with Gasteiger partial charge < -0.3 is 9.73 Å². The topological polar surface area (TPSA) is 42.2 Å². The van der Waals surface area contributed by atoms with Gasteiger partial charge in [0.2, 0.25) is 0 Å². The number of carbonyl (C=O) groups is 1. The van der Waals surface area contributed by atoms with Crippen LogP contribution in [0.25, 0.3) is 0 Å². The number of aryl methyl sites for hydroxylation is 3. The van der Waals surface area contributed by atoms with Gasteiger partial charge in [-0.1, -0.05) is 17.7 Å². The molecule has 94 valence electrons. The summed E-state index contributed by atoms with van der Waals surface area (Å²) in [6.45, 7) is 5.62. The molecular formula is C14H14ClNO2. The largest absolute Gasteiger partial charge is 0.469 e. The van der Waals surface area contributed by atoms with Gasteiger partial charge in [-0.2, -0.15) is 0 Å². The number of nitrogens with one attached hydrogen (secondary N) is 1. The Hall–Kier alpha value is -1.74. The van der Waals surface area contributed by atoms with Gasteiger partial charge in [-0.25, -0.2) is 0 Å². The summed E-state index contributed by atoms with van der Waals surface area (Å²) in [6.07, 6.45) is 1.49. The summed E-state index contributed by atoms with van der Waals surface area (Å²) in [5, 5.41) is 3.36. The summed E-state index contributed by atoms with van der Waals surface area (Å²) < 4.78 is 5.11. The number of hydrogen-bond acceptors (Lipinski definition) is 2. The van der Waals surface area contributed by atoms with E-state index in [1.165, 1.54) is 6.26 Å². The van der Waals surface area contributed by atoms with E-state index in [9.17, 15) is 4.79 Å². The number of furan rings is 1. The number of hydrogen-bond donors (Lipinski definition) is 1. The summed E-state index contributed by atoms with van der Waals surface area (Å²) in [4.78, 5) is 12.1. The normalized spacial score (nSPS) is 10.4. The standard InChI is InChI=1S/C14H14ClNO2/c1-8-6-9(2)13(12(15)7-8)16-14(17)11-4-5-18-10(11)3/h4-7H,1-3H3,(H,16,17). The molecular weight excluding hydrogens is 250 g/mol. The summed E-state index contributed by atoms with van der Waals surface area (Å²) in [6, 6.07) is 5.44. The summed E-state index contributed by atoms with van der Waals surface area (Å²) >= 11 is 6.14. The third-order valence-electron chi connectivity index (χ3n) is 2.77. The predicted molar refractivity (Wildman–Crippen MR) is 72.3 cm³/mol. The Labute approximate surface area is 111 Å². The SMILES string of the molecule is Cc1cc(C)c(NC(=O)c2ccoc2C)c(Cl)c1. The van der Waals surface area contributed by atoms with Crippen LogP contribution in [0.2, 0.25) is 5.02 Å². The van der Waals surface area contributed by atoms with Crippen LogP contribution >= 0.6 is 11.6 Å². The van der Waals surface area contributed by atoms with E-state index >= 15 is 0 Å². The Morgan fingerprint density at radius 3 is 2.56 bits per heavy atom. The van der Waals surface area contributed by atoms with Gasteiger partial charge in [0.05, 0.1) is 22.5 Å². The van der Waals surface area contributed by atoms with Gasteiger partial charge in [0.1, 0.15) is 5.76 Å². The van der Waals surface area contributed by atoms with Crippen LogP contribution in [0.5, 0.6) is 0 Å². The highest BCUT2D eigenvalue weighted by atomic mass is 35.5. The molecule has 3 nitrogen and oxygen atoms in total. The van der Waals surface area contributed by atoms with Crippen molar-refractivity contribution in [3.8, 4) is 0 Å². The average Bonchev–Trinajstić information content (AvgIpc) is 2.69. The Bertz CT molecular complexity index is 579. The third kappa shape index (κ3) is 2.41. The molecule has 0 atom stereocenters. The van der Waals surface area contributed by atoms with Gasteiger partial charge in [0, 0.05) is 0 Å². The number of benzene rings is 1. The van der Waals surface area contributed by atoms with E-state index in [1.807, 2.05) is 26.0 Å². The highest BCUT2D eigenvalue weighted by molar-refractivity contribution is 6.34. The highest BCUT2D eigenvalue weighted by Gasteiger charge is 2.14. The van der Waals surface area contributed by atoms with Gasteiger partial charge >= 0.3 is 0 Å². The lowest BCUT2D eigenvalue weighted by molar-refractivity contribution is 0.102. The zero-order valence-electron chi connectivity index (χ0n) is 10.5. The van der Waals surface area contributed by atoms with Gasteiger partial charge in [-0.05, 0) is 44.0 Å². The molecule has 18 heavy (non-hydrogen) atoms. The molecule has 0 saturated carbocycles. The number of amides is 1. The Morgan fingerprint density at radius 1 is 1.28 bits per heavy atom.